The number of allylic oxidation sites excluding steroid dienone is 2. The molecule has 2 nitrogen and oxygen atoms in total. The Kier molecular flexibility index (Phi) is 2.32. The number of aliphatic hydroxyl groups is 1. The first-order chi connectivity index (χ1) is 7.61. The van der Waals surface area contributed by atoms with Gasteiger partial charge in [0.1, 0.15) is 0 Å². The molecule has 1 saturated carbocycles. The standard InChI is InChI=1S/C14H22O2/c1-9-3-4-10-11-5-6-13(15)14(11,2)8-7-12(10)16-9/h9,11,13,15H,3-8H2,1-2H3. The molecule has 90 valence electrons. The van der Waals surface area contributed by atoms with E-state index in [0.717, 1.165) is 32.1 Å². The zero-order chi connectivity index (χ0) is 11.3. The van der Waals surface area contributed by atoms with Gasteiger partial charge in [0.05, 0.1) is 18.0 Å². The second-order valence-electron chi connectivity index (χ2n) is 6.07. The van der Waals surface area contributed by atoms with Crippen molar-refractivity contribution in [2.24, 2.45) is 11.3 Å². The molecule has 1 N–H and O–H groups in total. The van der Waals surface area contributed by atoms with Crippen LogP contribution in [-0.2, 0) is 4.74 Å². The molecule has 0 amide bonds. The van der Waals surface area contributed by atoms with E-state index < -0.39 is 0 Å². The van der Waals surface area contributed by atoms with Crippen molar-refractivity contribution in [3.63, 3.8) is 0 Å². The fourth-order valence-electron chi connectivity index (χ4n) is 3.98. The van der Waals surface area contributed by atoms with E-state index in [1.807, 2.05) is 0 Å². The average molecular weight is 222 g/mol. The Morgan fingerprint density at radius 1 is 1.25 bits per heavy atom. The summed E-state index contributed by atoms with van der Waals surface area (Å²) in [6.45, 7) is 4.44. The van der Waals surface area contributed by atoms with Crippen molar-refractivity contribution in [3.8, 4) is 0 Å². The number of fused-ring (bicyclic) bond motifs is 2. The molecular formula is C14H22O2. The van der Waals surface area contributed by atoms with Crippen LogP contribution in [0.4, 0.5) is 0 Å². The van der Waals surface area contributed by atoms with Crippen molar-refractivity contribution < 1.29 is 9.84 Å². The van der Waals surface area contributed by atoms with Crippen LogP contribution < -0.4 is 0 Å². The highest BCUT2D eigenvalue weighted by molar-refractivity contribution is 5.24. The van der Waals surface area contributed by atoms with Gasteiger partial charge in [0, 0.05) is 11.8 Å². The zero-order valence-electron chi connectivity index (χ0n) is 10.3. The smallest absolute Gasteiger partial charge is 0.0959 e. The highest BCUT2D eigenvalue weighted by atomic mass is 16.5. The molecule has 1 aliphatic heterocycles. The summed E-state index contributed by atoms with van der Waals surface area (Å²) in [7, 11) is 0. The summed E-state index contributed by atoms with van der Waals surface area (Å²) in [5.74, 6) is 1.87. The van der Waals surface area contributed by atoms with Crippen molar-refractivity contribution in [2.45, 2.75) is 64.6 Å². The molecule has 2 aliphatic carbocycles. The fourth-order valence-corrected chi connectivity index (χ4v) is 3.98. The molecular weight excluding hydrogens is 200 g/mol. The molecule has 2 heteroatoms. The van der Waals surface area contributed by atoms with Crippen molar-refractivity contribution in [1.82, 2.24) is 0 Å². The highest BCUT2D eigenvalue weighted by Gasteiger charge is 2.50. The number of ether oxygens (including phenoxy) is 1. The van der Waals surface area contributed by atoms with Crippen LogP contribution in [0.15, 0.2) is 11.3 Å². The summed E-state index contributed by atoms with van der Waals surface area (Å²) < 4.78 is 5.98. The minimum absolute atomic E-state index is 0.0918. The van der Waals surface area contributed by atoms with Crippen LogP contribution in [0.1, 0.15) is 52.4 Å². The van der Waals surface area contributed by atoms with Gasteiger partial charge in [-0.3, -0.25) is 0 Å². The molecule has 0 aromatic heterocycles. The third kappa shape index (κ3) is 1.35. The van der Waals surface area contributed by atoms with E-state index in [2.05, 4.69) is 13.8 Å². The van der Waals surface area contributed by atoms with Crippen LogP contribution in [0, 0.1) is 11.3 Å². The maximum absolute atomic E-state index is 10.2. The Morgan fingerprint density at radius 3 is 2.88 bits per heavy atom. The van der Waals surface area contributed by atoms with Crippen LogP contribution in [-0.4, -0.2) is 17.3 Å². The second kappa shape index (κ2) is 3.49. The molecule has 3 aliphatic rings. The van der Waals surface area contributed by atoms with E-state index in [0.29, 0.717) is 12.0 Å². The summed E-state index contributed by atoms with van der Waals surface area (Å²) in [5, 5.41) is 10.2. The van der Waals surface area contributed by atoms with E-state index in [4.69, 9.17) is 4.74 Å². The maximum atomic E-state index is 10.2. The van der Waals surface area contributed by atoms with Gasteiger partial charge in [0.15, 0.2) is 0 Å². The number of hydrogen-bond acceptors (Lipinski definition) is 2. The third-order valence-corrected chi connectivity index (χ3v) is 5.12. The molecule has 0 aromatic carbocycles. The Balaban J connectivity index is 1.94. The number of rotatable bonds is 0. The van der Waals surface area contributed by atoms with E-state index in [1.54, 1.807) is 5.57 Å². The molecule has 0 spiro atoms. The Hall–Kier alpha value is -0.500. The van der Waals surface area contributed by atoms with Crippen LogP contribution in [0.3, 0.4) is 0 Å². The summed E-state index contributed by atoms with van der Waals surface area (Å²) in [6, 6.07) is 0. The lowest BCUT2D eigenvalue weighted by Crippen LogP contribution is -2.38. The van der Waals surface area contributed by atoms with Gasteiger partial charge >= 0.3 is 0 Å². The van der Waals surface area contributed by atoms with Gasteiger partial charge in [-0.1, -0.05) is 6.92 Å². The van der Waals surface area contributed by atoms with E-state index >= 15 is 0 Å². The maximum Gasteiger partial charge on any atom is 0.0959 e. The minimum atomic E-state index is -0.0918. The van der Waals surface area contributed by atoms with E-state index in [-0.39, 0.29) is 11.5 Å². The molecule has 0 bridgehead atoms. The van der Waals surface area contributed by atoms with E-state index in [9.17, 15) is 5.11 Å². The monoisotopic (exact) mass is 222 g/mol. The predicted molar refractivity (Wildman–Crippen MR) is 62.9 cm³/mol. The Bertz CT molecular complexity index is 334. The Labute approximate surface area is 97.7 Å². The van der Waals surface area contributed by atoms with Crippen LogP contribution in [0.2, 0.25) is 0 Å². The predicted octanol–water partition coefficient (Wildman–Crippen LogP) is 3.01. The van der Waals surface area contributed by atoms with Gasteiger partial charge in [-0.2, -0.15) is 0 Å². The minimum Gasteiger partial charge on any atom is -0.495 e. The van der Waals surface area contributed by atoms with Gasteiger partial charge in [-0.25, -0.2) is 0 Å². The molecule has 0 saturated heterocycles. The van der Waals surface area contributed by atoms with Crippen molar-refractivity contribution >= 4 is 0 Å². The number of hydrogen-bond donors (Lipinski definition) is 1. The summed E-state index contributed by atoms with van der Waals surface area (Å²) in [5.41, 5.74) is 1.69. The first kappa shape index (κ1) is 10.6. The van der Waals surface area contributed by atoms with Gasteiger partial charge in [-0.05, 0) is 50.5 Å². The molecule has 0 aromatic rings. The van der Waals surface area contributed by atoms with Crippen LogP contribution in [0.25, 0.3) is 0 Å². The quantitative estimate of drug-likeness (QED) is 0.682. The first-order valence-electron chi connectivity index (χ1n) is 6.68. The lowest BCUT2D eigenvalue weighted by molar-refractivity contribution is 0.00966. The SMILES string of the molecule is CC1CCC2=C(CCC3(C)C(O)CCC23)O1. The van der Waals surface area contributed by atoms with Crippen molar-refractivity contribution in [3.05, 3.63) is 11.3 Å². The van der Waals surface area contributed by atoms with Gasteiger partial charge in [0.2, 0.25) is 0 Å². The lowest BCUT2D eigenvalue weighted by atomic mass is 9.66. The molecule has 16 heavy (non-hydrogen) atoms. The van der Waals surface area contributed by atoms with Crippen LogP contribution in [0.5, 0.6) is 0 Å². The highest BCUT2D eigenvalue weighted by Crippen LogP contribution is 2.56. The summed E-state index contributed by atoms with van der Waals surface area (Å²) in [6.07, 6.45) is 6.95. The van der Waals surface area contributed by atoms with E-state index in [1.165, 1.54) is 12.2 Å². The topological polar surface area (TPSA) is 29.5 Å². The van der Waals surface area contributed by atoms with Gasteiger partial charge in [0.25, 0.3) is 0 Å². The molecule has 0 radical (unpaired) electrons. The molecule has 1 heterocycles. The number of aliphatic hydroxyl groups excluding tert-OH is 1. The zero-order valence-corrected chi connectivity index (χ0v) is 10.3. The molecule has 4 atom stereocenters. The van der Waals surface area contributed by atoms with Crippen molar-refractivity contribution in [2.75, 3.05) is 0 Å². The average Bonchev–Trinajstić information content (AvgIpc) is 2.56. The molecule has 3 rings (SSSR count). The summed E-state index contributed by atoms with van der Waals surface area (Å²) in [4.78, 5) is 0. The third-order valence-electron chi connectivity index (χ3n) is 5.12. The van der Waals surface area contributed by atoms with Crippen molar-refractivity contribution in [1.29, 1.82) is 0 Å². The largest absolute Gasteiger partial charge is 0.495 e. The fraction of sp³-hybridized carbons (Fsp3) is 0.857. The summed E-state index contributed by atoms with van der Waals surface area (Å²) >= 11 is 0. The normalized spacial score (nSPS) is 47.3. The molecule has 1 fully saturated rings. The van der Waals surface area contributed by atoms with Crippen LogP contribution >= 0.6 is 0 Å². The molecule has 4 unspecified atom stereocenters. The van der Waals surface area contributed by atoms with Gasteiger partial charge in [-0.15, -0.1) is 0 Å². The first-order valence-corrected chi connectivity index (χ1v) is 6.68. The lowest BCUT2D eigenvalue weighted by Gasteiger charge is -2.43. The van der Waals surface area contributed by atoms with Gasteiger partial charge < -0.3 is 9.84 Å². The second-order valence-corrected chi connectivity index (χ2v) is 6.07. The Morgan fingerprint density at radius 2 is 2.06 bits per heavy atom.